The summed E-state index contributed by atoms with van der Waals surface area (Å²) in [5.74, 6) is -1.08. The van der Waals surface area contributed by atoms with Gasteiger partial charge in [0.1, 0.15) is 5.82 Å². The highest BCUT2D eigenvalue weighted by atomic mass is 35.5. The Morgan fingerprint density at radius 3 is 2.23 bits per heavy atom. The molecule has 218 valence electrons. The molecule has 0 aromatic heterocycles. The van der Waals surface area contributed by atoms with Gasteiger partial charge in [0.15, 0.2) is 5.60 Å². The number of carbonyl (C=O) groups excluding carboxylic acids is 2. The summed E-state index contributed by atoms with van der Waals surface area (Å²) in [4.78, 5) is 31.6. The molecule has 0 aliphatic carbocycles. The van der Waals surface area contributed by atoms with Crippen LogP contribution in [0.3, 0.4) is 0 Å². The number of piperidine rings is 1. The molecule has 3 fully saturated rings. The van der Waals surface area contributed by atoms with Crippen molar-refractivity contribution in [3.63, 3.8) is 0 Å². The Labute approximate surface area is 251 Å². The largest absolute Gasteiger partial charge is 0.380 e. The molecule has 3 aliphatic rings. The lowest BCUT2D eigenvalue weighted by Crippen LogP contribution is -2.61. The normalized spacial score (nSPS) is 21.9. The predicted molar refractivity (Wildman–Crippen MR) is 160 cm³/mol. The van der Waals surface area contributed by atoms with E-state index < -0.39 is 17.3 Å². The van der Waals surface area contributed by atoms with Crippen LogP contribution in [-0.4, -0.2) is 89.0 Å². The zero-order valence-electron chi connectivity index (χ0n) is 22.4. The van der Waals surface area contributed by atoms with Crippen molar-refractivity contribution in [2.75, 3.05) is 44.6 Å². The topological polar surface area (TPSA) is 102 Å². The van der Waals surface area contributed by atoms with Crippen LogP contribution in [0.1, 0.15) is 42.1 Å². The molecule has 0 radical (unpaired) electrons. The minimum atomic E-state index is -1.77. The molecule has 3 heterocycles. The molecule has 2 aromatic rings. The zero-order valence-corrected chi connectivity index (χ0v) is 24.9. The lowest BCUT2D eigenvalue weighted by atomic mass is 9.92. The van der Waals surface area contributed by atoms with Crippen LogP contribution >= 0.6 is 36.7 Å². The summed E-state index contributed by atoms with van der Waals surface area (Å²) in [5, 5.41) is 15.0. The number of hydrogen-bond acceptors (Lipinski definition) is 6. The number of halogens is 3. The van der Waals surface area contributed by atoms with E-state index in [-0.39, 0.29) is 37.1 Å². The SMILES string of the molecule is C[C@@](O)(C(=O)N1CCC(N2CC(Nc3cc(Cl)c(C(=O)N4CCC(N)C4)c(Cl)c3)C2)CC1)c1cccc(F)c1.S. The number of aliphatic hydroxyl groups is 1. The monoisotopic (exact) mass is 611 g/mol. The van der Waals surface area contributed by atoms with Gasteiger partial charge in [-0.3, -0.25) is 14.5 Å². The van der Waals surface area contributed by atoms with Gasteiger partial charge in [-0.1, -0.05) is 35.3 Å². The fourth-order valence-corrected chi connectivity index (χ4v) is 6.43. The number of nitrogens with one attached hydrogen (secondary N) is 1. The second-order valence-corrected chi connectivity index (χ2v) is 11.8. The van der Waals surface area contributed by atoms with E-state index in [1.807, 2.05) is 0 Å². The van der Waals surface area contributed by atoms with Crippen LogP contribution in [0.15, 0.2) is 36.4 Å². The standard InChI is InChI=1S/C28H34Cl2FN5O3.H2S/c1-28(39,17-3-2-4-18(31)11-17)27(38)34-9-6-22(7-10-34)36-15-21(16-36)33-20-12-23(29)25(24(30)13-20)26(37)35-8-5-19(32)14-35;/h2-4,11-13,19,21-22,33,39H,5-10,14-16,32H2,1H3;1H2/t19?,28-;/m0./s1. The van der Waals surface area contributed by atoms with E-state index in [1.165, 1.54) is 25.1 Å². The fourth-order valence-electron chi connectivity index (χ4n) is 5.79. The van der Waals surface area contributed by atoms with Crippen molar-refractivity contribution in [1.29, 1.82) is 0 Å². The minimum absolute atomic E-state index is 0. The first-order valence-corrected chi connectivity index (χ1v) is 14.1. The number of amides is 2. The number of likely N-dealkylation sites (tertiary alicyclic amines) is 3. The van der Waals surface area contributed by atoms with Crippen molar-refractivity contribution in [3.05, 3.63) is 63.4 Å². The molecule has 2 atom stereocenters. The number of nitrogens with zero attached hydrogens (tertiary/aromatic N) is 3. The highest BCUT2D eigenvalue weighted by Gasteiger charge is 2.40. The number of carbonyl (C=O) groups is 2. The third kappa shape index (κ3) is 6.37. The lowest BCUT2D eigenvalue weighted by molar-refractivity contribution is -0.152. The van der Waals surface area contributed by atoms with Gasteiger partial charge in [0.25, 0.3) is 11.8 Å². The first-order chi connectivity index (χ1) is 18.5. The van der Waals surface area contributed by atoms with Gasteiger partial charge in [0, 0.05) is 57.0 Å². The molecule has 2 amide bonds. The molecular weight excluding hydrogens is 576 g/mol. The maximum atomic E-state index is 13.6. The Kier molecular flexibility index (Phi) is 9.59. The summed E-state index contributed by atoms with van der Waals surface area (Å²) in [5.41, 5.74) is 5.49. The Morgan fingerprint density at radius 2 is 1.65 bits per heavy atom. The summed E-state index contributed by atoms with van der Waals surface area (Å²) in [6.45, 7) is 5.26. The van der Waals surface area contributed by atoms with Gasteiger partial charge in [-0.15, -0.1) is 0 Å². The molecule has 8 nitrogen and oxygen atoms in total. The number of hydrogen-bond donors (Lipinski definition) is 3. The van der Waals surface area contributed by atoms with Crippen molar-refractivity contribution in [2.24, 2.45) is 5.73 Å². The van der Waals surface area contributed by atoms with Crippen LogP contribution in [0.2, 0.25) is 10.0 Å². The summed E-state index contributed by atoms with van der Waals surface area (Å²) in [6.07, 6.45) is 2.36. The Bertz CT molecular complexity index is 1230. The third-order valence-corrected chi connectivity index (χ3v) is 8.72. The van der Waals surface area contributed by atoms with Crippen LogP contribution in [-0.2, 0) is 10.4 Å². The average Bonchev–Trinajstić information content (AvgIpc) is 3.31. The lowest BCUT2D eigenvalue weighted by Gasteiger charge is -2.48. The van der Waals surface area contributed by atoms with E-state index >= 15 is 0 Å². The average molecular weight is 613 g/mol. The third-order valence-electron chi connectivity index (χ3n) is 8.12. The van der Waals surface area contributed by atoms with Crippen molar-refractivity contribution >= 4 is 54.2 Å². The van der Waals surface area contributed by atoms with E-state index in [1.54, 1.807) is 28.0 Å². The molecule has 2 aromatic carbocycles. The molecule has 0 bridgehead atoms. The maximum Gasteiger partial charge on any atom is 0.258 e. The first kappa shape index (κ1) is 30.9. The molecule has 0 spiro atoms. The highest BCUT2D eigenvalue weighted by Crippen LogP contribution is 2.33. The van der Waals surface area contributed by atoms with E-state index in [2.05, 4.69) is 10.2 Å². The molecule has 0 saturated carbocycles. The first-order valence-electron chi connectivity index (χ1n) is 13.3. The van der Waals surface area contributed by atoms with Crippen LogP contribution in [0.5, 0.6) is 0 Å². The van der Waals surface area contributed by atoms with Gasteiger partial charge in [0.05, 0.1) is 21.7 Å². The van der Waals surface area contributed by atoms with Crippen LogP contribution < -0.4 is 11.1 Å². The van der Waals surface area contributed by atoms with Gasteiger partial charge in [-0.25, -0.2) is 4.39 Å². The number of anilines is 1. The Balaban J connectivity index is 0.00000370. The van der Waals surface area contributed by atoms with Gasteiger partial charge >= 0.3 is 0 Å². The number of benzene rings is 2. The number of nitrogens with two attached hydrogens (primary N) is 1. The van der Waals surface area contributed by atoms with Gasteiger partial charge in [-0.05, 0) is 56.0 Å². The van der Waals surface area contributed by atoms with Gasteiger partial charge in [0.2, 0.25) is 0 Å². The second kappa shape index (κ2) is 12.4. The predicted octanol–water partition coefficient (Wildman–Crippen LogP) is 3.41. The molecule has 5 rings (SSSR count). The Morgan fingerprint density at radius 1 is 1.02 bits per heavy atom. The minimum Gasteiger partial charge on any atom is -0.380 e. The molecular formula is C28H36Cl2FN5O3S. The summed E-state index contributed by atoms with van der Waals surface area (Å²) >= 11 is 13.0. The fraction of sp³-hybridized carbons (Fsp3) is 0.500. The molecule has 12 heteroatoms. The van der Waals surface area contributed by atoms with Crippen molar-refractivity contribution < 1.29 is 19.1 Å². The molecule has 3 saturated heterocycles. The van der Waals surface area contributed by atoms with E-state index in [9.17, 15) is 19.1 Å². The number of rotatable bonds is 6. The van der Waals surface area contributed by atoms with Crippen LogP contribution in [0.4, 0.5) is 10.1 Å². The quantitative estimate of drug-likeness (QED) is 0.463. The maximum absolute atomic E-state index is 13.6. The second-order valence-electron chi connectivity index (χ2n) is 11.0. The van der Waals surface area contributed by atoms with Crippen LogP contribution in [0, 0.1) is 5.82 Å². The molecule has 40 heavy (non-hydrogen) atoms. The van der Waals surface area contributed by atoms with Gasteiger partial charge < -0.3 is 26.0 Å². The summed E-state index contributed by atoms with van der Waals surface area (Å²) < 4.78 is 13.6. The van der Waals surface area contributed by atoms with E-state index in [0.29, 0.717) is 47.8 Å². The van der Waals surface area contributed by atoms with Crippen LogP contribution in [0.25, 0.3) is 0 Å². The smallest absolute Gasteiger partial charge is 0.258 e. The van der Waals surface area contributed by atoms with Gasteiger partial charge in [-0.2, -0.15) is 13.5 Å². The molecule has 1 unspecified atom stereocenters. The van der Waals surface area contributed by atoms with E-state index in [0.717, 1.165) is 38.0 Å². The van der Waals surface area contributed by atoms with Crippen molar-refractivity contribution in [3.8, 4) is 0 Å². The zero-order chi connectivity index (χ0) is 27.9. The van der Waals surface area contributed by atoms with Crippen molar-refractivity contribution in [1.82, 2.24) is 14.7 Å². The summed E-state index contributed by atoms with van der Waals surface area (Å²) in [7, 11) is 0. The highest BCUT2D eigenvalue weighted by molar-refractivity contribution is 7.59. The molecule has 3 aliphatic heterocycles. The summed E-state index contributed by atoms with van der Waals surface area (Å²) in [6, 6.07) is 9.57. The van der Waals surface area contributed by atoms with Crippen molar-refractivity contribution in [2.45, 2.75) is 49.9 Å². The van der Waals surface area contributed by atoms with E-state index in [4.69, 9.17) is 28.9 Å². The Hall–Kier alpha value is -2.08. The molecule has 4 N–H and O–H groups in total.